The van der Waals surface area contributed by atoms with Gasteiger partial charge in [0, 0.05) is 26.4 Å². The summed E-state index contributed by atoms with van der Waals surface area (Å²) in [5.74, 6) is -0.256. The van der Waals surface area contributed by atoms with E-state index in [-0.39, 0.29) is 24.0 Å². The van der Waals surface area contributed by atoms with E-state index in [0.29, 0.717) is 13.2 Å². The minimum absolute atomic E-state index is 0.103. The Morgan fingerprint density at radius 2 is 2.12 bits per heavy atom. The van der Waals surface area contributed by atoms with Crippen LogP contribution in [0.3, 0.4) is 0 Å². The van der Waals surface area contributed by atoms with Crippen LogP contribution in [0.4, 0.5) is 9.18 Å². The van der Waals surface area contributed by atoms with Crippen molar-refractivity contribution in [1.82, 2.24) is 10.6 Å². The Balaban J connectivity index is 1.33. The Bertz CT molecular complexity index is 561. The van der Waals surface area contributed by atoms with E-state index in [1.165, 1.54) is 12.1 Å². The van der Waals surface area contributed by atoms with Crippen LogP contribution >= 0.6 is 0 Å². The van der Waals surface area contributed by atoms with Crippen LogP contribution in [0.15, 0.2) is 18.2 Å². The normalized spacial score (nSPS) is 20.6. The number of carbonyl (C=O) groups excluding carboxylic acids is 1. The average Bonchev–Trinajstić information content (AvgIpc) is 2.97. The molecule has 1 fully saturated rings. The van der Waals surface area contributed by atoms with E-state index in [2.05, 4.69) is 10.6 Å². The van der Waals surface area contributed by atoms with Crippen molar-refractivity contribution < 1.29 is 18.7 Å². The SMILES string of the molecule is O=C(NCCCOC1CCOCC1)NC1CCc2ccc(F)cc21. The number of rotatable bonds is 6. The number of carbonyl (C=O) groups is 1. The molecule has 1 aromatic carbocycles. The van der Waals surface area contributed by atoms with Crippen molar-refractivity contribution in [3.63, 3.8) is 0 Å². The molecule has 0 spiro atoms. The summed E-state index contributed by atoms with van der Waals surface area (Å²) in [7, 11) is 0. The van der Waals surface area contributed by atoms with E-state index in [9.17, 15) is 9.18 Å². The van der Waals surface area contributed by atoms with Gasteiger partial charge in [-0.3, -0.25) is 0 Å². The van der Waals surface area contributed by atoms with Gasteiger partial charge in [-0.15, -0.1) is 0 Å². The molecule has 2 amide bonds. The van der Waals surface area contributed by atoms with Crippen LogP contribution in [0.5, 0.6) is 0 Å². The molecule has 1 heterocycles. The predicted molar refractivity (Wildman–Crippen MR) is 88.4 cm³/mol. The van der Waals surface area contributed by atoms with Crippen LogP contribution in [0, 0.1) is 5.82 Å². The van der Waals surface area contributed by atoms with Gasteiger partial charge in [-0.05, 0) is 55.4 Å². The van der Waals surface area contributed by atoms with Gasteiger partial charge in [0.1, 0.15) is 5.82 Å². The van der Waals surface area contributed by atoms with E-state index in [1.807, 2.05) is 0 Å². The Hall–Kier alpha value is -1.66. The Labute approximate surface area is 141 Å². The zero-order chi connectivity index (χ0) is 16.8. The van der Waals surface area contributed by atoms with Gasteiger partial charge in [0.15, 0.2) is 0 Å². The summed E-state index contributed by atoms with van der Waals surface area (Å²) in [4.78, 5) is 12.0. The second kappa shape index (κ2) is 8.44. The maximum atomic E-state index is 13.4. The van der Waals surface area contributed by atoms with E-state index in [1.54, 1.807) is 6.07 Å². The summed E-state index contributed by atoms with van der Waals surface area (Å²) in [5.41, 5.74) is 2.01. The molecule has 0 radical (unpaired) electrons. The zero-order valence-corrected chi connectivity index (χ0v) is 13.9. The highest BCUT2D eigenvalue weighted by Crippen LogP contribution is 2.31. The molecule has 5 nitrogen and oxygen atoms in total. The van der Waals surface area contributed by atoms with Crippen molar-refractivity contribution in [2.45, 2.75) is 44.2 Å². The first-order valence-electron chi connectivity index (χ1n) is 8.74. The fourth-order valence-corrected chi connectivity index (χ4v) is 3.30. The first kappa shape index (κ1) is 17.2. The smallest absolute Gasteiger partial charge is 0.315 e. The number of benzene rings is 1. The van der Waals surface area contributed by atoms with Crippen LogP contribution < -0.4 is 10.6 Å². The number of hydrogen-bond donors (Lipinski definition) is 2. The van der Waals surface area contributed by atoms with Gasteiger partial charge in [-0.2, -0.15) is 0 Å². The van der Waals surface area contributed by atoms with Crippen LogP contribution in [0.1, 0.15) is 42.9 Å². The Morgan fingerprint density at radius 3 is 2.96 bits per heavy atom. The third-order valence-electron chi connectivity index (χ3n) is 4.62. The lowest BCUT2D eigenvalue weighted by Gasteiger charge is -2.22. The monoisotopic (exact) mass is 336 g/mol. The summed E-state index contributed by atoms with van der Waals surface area (Å²) in [5, 5.41) is 5.77. The van der Waals surface area contributed by atoms with Gasteiger partial charge < -0.3 is 20.1 Å². The molecule has 2 N–H and O–H groups in total. The van der Waals surface area contributed by atoms with Gasteiger partial charge in [0.2, 0.25) is 0 Å². The highest BCUT2D eigenvalue weighted by Gasteiger charge is 2.24. The molecule has 132 valence electrons. The molecule has 24 heavy (non-hydrogen) atoms. The van der Waals surface area contributed by atoms with Gasteiger partial charge in [0.25, 0.3) is 0 Å². The van der Waals surface area contributed by atoms with Crippen LogP contribution in [0.2, 0.25) is 0 Å². The molecule has 1 unspecified atom stereocenters. The molecule has 1 atom stereocenters. The molecule has 1 aromatic rings. The molecule has 0 bridgehead atoms. The number of amides is 2. The average molecular weight is 336 g/mol. The molecule has 0 saturated carbocycles. The van der Waals surface area contributed by atoms with E-state index in [0.717, 1.165) is 56.4 Å². The number of hydrogen-bond acceptors (Lipinski definition) is 3. The minimum Gasteiger partial charge on any atom is -0.381 e. The number of ether oxygens (including phenoxy) is 2. The van der Waals surface area contributed by atoms with Crippen molar-refractivity contribution in [1.29, 1.82) is 0 Å². The number of fused-ring (bicyclic) bond motifs is 1. The quantitative estimate of drug-likeness (QED) is 0.785. The van der Waals surface area contributed by atoms with E-state index < -0.39 is 0 Å². The van der Waals surface area contributed by atoms with E-state index >= 15 is 0 Å². The number of nitrogens with one attached hydrogen (secondary N) is 2. The van der Waals surface area contributed by atoms with Gasteiger partial charge in [0.05, 0.1) is 12.1 Å². The van der Waals surface area contributed by atoms with E-state index in [4.69, 9.17) is 9.47 Å². The van der Waals surface area contributed by atoms with Gasteiger partial charge in [-0.1, -0.05) is 6.07 Å². The number of aryl methyl sites for hydroxylation is 1. The fourth-order valence-electron chi connectivity index (χ4n) is 3.30. The summed E-state index contributed by atoms with van der Waals surface area (Å²) in [6.45, 7) is 2.75. The summed E-state index contributed by atoms with van der Waals surface area (Å²) in [6.07, 6.45) is 4.66. The van der Waals surface area contributed by atoms with Crippen LogP contribution in [-0.2, 0) is 15.9 Å². The highest BCUT2D eigenvalue weighted by molar-refractivity contribution is 5.74. The molecule has 2 aliphatic rings. The molecular formula is C18H25FN2O3. The number of urea groups is 1. The second-order valence-corrected chi connectivity index (χ2v) is 6.37. The van der Waals surface area contributed by atoms with Crippen molar-refractivity contribution in [3.05, 3.63) is 35.1 Å². The first-order chi connectivity index (χ1) is 11.7. The van der Waals surface area contributed by atoms with Crippen LogP contribution in [0.25, 0.3) is 0 Å². The largest absolute Gasteiger partial charge is 0.381 e. The van der Waals surface area contributed by atoms with Crippen molar-refractivity contribution in [3.8, 4) is 0 Å². The molecule has 1 aliphatic carbocycles. The summed E-state index contributed by atoms with van der Waals surface area (Å²) >= 11 is 0. The molecule has 1 aliphatic heterocycles. The molecule has 6 heteroatoms. The predicted octanol–water partition coefficient (Wildman–Crippen LogP) is 2.70. The maximum Gasteiger partial charge on any atom is 0.315 e. The standard InChI is InChI=1S/C18H25FN2O3/c19-14-4-2-13-3-5-17(16(13)12-14)21-18(22)20-8-1-9-24-15-6-10-23-11-7-15/h2,4,12,15,17H,1,3,5-11H2,(H2,20,21,22). The minimum atomic E-state index is -0.256. The lowest BCUT2D eigenvalue weighted by molar-refractivity contribution is -0.0320. The first-order valence-corrected chi connectivity index (χ1v) is 8.74. The summed E-state index contributed by atoms with van der Waals surface area (Å²) in [6, 6.07) is 4.49. The van der Waals surface area contributed by atoms with Gasteiger partial charge >= 0.3 is 6.03 Å². The molecular weight excluding hydrogens is 311 g/mol. The Kier molecular flexibility index (Phi) is 6.04. The highest BCUT2D eigenvalue weighted by atomic mass is 19.1. The molecule has 1 saturated heterocycles. The second-order valence-electron chi connectivity index (χ2n) is 6.37. The topological polar surface area (TPSA) is 59.6 Å². The van der Waals surface area contributed by atoms with Crippen molar-refractivity contribution in [2.24, 2.45) is 0 Å². The van der Waals surface area contributed by atoms with Gasteiger partial charge in [-0.25, -0.2) is 9.18 Å². The third kappa shape index (κ3) is 4.68. The number of halogens is 1. The van der Waals surface area contributed by atoms with Crippen LogP contribution in [-0.4, -0.2) is 38.5 Å². The Morgan fingerprint density at radius 1 is 1.29 bits per heavy atom. The van der Waals surface area contributed by atoms with Crippen molar-refractivity contribution >= 4 is 6.03 Å². The zero-order valence-electron chi connectivity index (χ0n) is 13.9. The lowest BCUT2D eigenvalue weighted by atomic mass is 10.1. The third-order valence-corrected chi connectivity index (χ3v) is 4.62. The molecule has 3 rings (SSSR count). The lowest BCUT2D eigenvalue weighted by Crippen LogP contribution is -2.38. The summed E-state index contributed by atoms with van der Waals surface area (Å²) < 4.78 is 24.4. The van der Waals surface area contributed by atoms with Crippen molar-refractivity contribution in [2.75, 3.05) is 26.4 Å². The maximum absolute atomic E-state index is 13.4. The fraction of sp³-hybridized carbons (Fsp3) is 0.611. The molecule has 0 aromatic heterocycles.